The molecule has 1 aliphatic carbocycles. The number of aryl methyl sites for hydroxylation is 1. The lowest BCUT2D eigenvalue weighted by Gasteiger charge is -2.36. The summed E-state index contributed by atoms with van der Waals surface area (Å²) in [6.07, 6.45) is 6.78. The van der Waals surface area contributed by atoms with E-state index in [2.05, 4.69) is 29.1 Å². The minimum Gasteiger partial charge on any atom is -0.368 e. The van der Waals surface area contributed by atoms with Gasteiger partial charge in [0.2, 0.25) is 5.95 Å². The first kappa shape index (κ1) is 12.1. The van der Waals surface area contributed by atoms with Crippen molar-refractivity contribution in [2.75, 3.05) is 11.1 Å². The van der Waals surface area contributed by atoms with Crippen LogP contribution in [-0.2, 0) is 0 Å². The van der Waals surface area contributed by atoms with Crippen LogP contribution in [0, 0.1) is 12.3 Å². The number of aromatic nitrogens is 2. The molecule has 1 saturated carbocycles. The summed E-state index contributed by atoms with van der Waals surface area (Å²) in [6.45, 7) is 6.68. The van der Waals surface area contributed by atoms with Crippen molar-refractivity contribution in [1.29, 1.82) is 0 Å². The summed E-state index contributed by atoms with van der Waals surface area (Å²) in [5.74, 6) is 1.23. The molecule has 4 heteroatoms. The molecule has 1 unspecified atom stereocenters. The van der Waals surface area contributed by atoms with Crippen LogP contribution in [0.1, 0.15) is 45.1 Å². The zero-order valence-electron chi connectivity index (χ0n) is 11.0. The van der Waals surface area contributed by atoms with E-state index in [1.54, 1.807) is 6.20 Å². The van der Waals surface area contributed by atoms with E-state index in [4.69, 9.17) is 5.73 Å². The van der Waals surface area contributed by atoms with E-state index in [1.807, 2.05) is 6.92 Å². The van der Waals surface area contributed by atoms with Crippen LogP contribution in [0.4, 0.5) is 11.8 Å². The number of nitrogen functional groups attached to an aromatic ring is 1. The van der Waals surface area contributed by atoms with E-state index in [0.29, 0.717) is 17.4 Å². The third kappa shape index (κ3) is 3.08. The molecule has 0 radical (unpaired) electrons. The van der Waals surface area contributed by atoms with E-state index in [1.165, 1.54) is 25.7 Å². The van der Waals surface area contributed by atoms with Crippen molar-refractivity contribution >= 4 is 11.8 Å². The Balaban J connectivity index is 2.07. The quantitative estimate of drug-likeness (QED) is 0.826. The number of nitrogens with two attached hydrogens (primary N) is 1. The Morgan fingerprint density at radius 1 is 1.47 bits per heavy atom. The molecule has 0 saturated heterocycles. The second-order valence-electron chi connectivity index (χ2n) is 5.86. The molecule has 0 amide bonds. The average Bonchev–Trinajstić information content (AvgIpc) is 2.22. The van der Waals surface area contributed by atoms with Crippen LogP contribution < -0.4 is 11.1 Å². The normalized spacial score (nSPS) is 23.4. The fraction of sp³-hybridized carbons (Fsp3) is 0.692. The van der Waals surface area contributed by atoms with Gasteiger partial charge in [0.05, 0.1) is 0 Å². The molecule has 0 bridgehead atoms. The van der Waals surface area contributed by atoms with Crippen molar-refractivity contribution in [3.05, 3.63) is 11.8 Å². The van der Waals surface area contributed by atoms with Gasteiger partial charge in [-0.15, -0.1) is 0 Å². The zero-order chi connectivity index (χ0) is 12.5. The van der Waals surface area contributed by atoms with Crippen molar-refractivity contribution in [2.24, 2.45) is 5.41 Å². The fourth-order valence-electron chi connectivity index (χ4n) is 2.62. The maximum absolute atomic E-state index is 5.62. The summed E-state index contributed by atoms with van der Waals surface area (Å²) >= 11 is 0. The largest absolute Gasteiger partial charge is 0.368 e. The van der Waals surface area contributed by atoms with Crippen LogP contribution in [-0.4, -0.2) is 16.0 Å². The summed E-state index contributed by atoms with van der Waals surface area (Å²) < 4.78 is 0. The number of nitrogens with zero attached hydrogens (tertiary/aromatic N) is 2. The maximum atomic E-state index is 5.62. The van der Waals surface area contributed by atoms with Gasteiger partial charge in [-0.2, -0.15) is 4.98 Å². The summed E-state index contributed by atoms with van der Waals surface area (Å²) in [5.41, 5.74) is 7.11. The molecule has 0 spiro atoms. The first-order valence-electron chi connectivity index (χ1n) is 6.32. The lowest BCUT2D eigenvalue weighted by Crippen LogP contribution is -2.32. The monoisotopic (exact) mass is 234 g/mol. The molecule has 4 nitrogen and oxygen atoms in total. The molecule has 2 rings (SSSR count). The Bertz CT molecular complexity index is 400. The van der Waals surface area contributed by atoms with Crippen molar-refractivity contribution in [3.63, 3.8) is 0 Å². The van der Waals surface area contributed by atoms with Gasteiger partial charge in [-0.05, 0) is 31.6 Å². The number of hydrogen-bond donors (Lipinski definition) is 2. The highest BCUT2D eigenvalue weighted by Gasteiger charge is 2.28. The molecule has 1 fully saturated rings. The molecule has 94 valence electrons. The fourth-order valence-corrected chi connectivity index (χ4v) is 2.62. The van der Waals surface area contributed by atoms with Gasteiger partial charge < -0.3 is 11.1 Å². The molecule has 0 aromatic carbocycles. The predicted octanol–water partition coefficient (Wildman–Crippen LogP) is 2.75. The summed E-state index contributed by atoms with van der Waals surface area (Å²) in [4.78, 5) is 8.26. The first-order valence-corrected chi connectivity index (χ1v) is 6.32. The second-order valence-corrected chi connectivity index (χ2v) is 5.86. The Labute approximate surface area is 103 Å². The number of rotatable bonds is 2. The minimum absolute atomic E-state index is 0.341. The van der Waals surface area contributed by atoms with Crippen molar-refractivity contribution in [2.45, 2.75) is 52.5 Å². The van der Waals surface area contributed by atoms with Gasteiger partial charge in [0, 0.05) is 17.8 Å². The standard InChI is InChI=1S/C13H22N4/c1-9-8-15-12(14)17-11(9)16-10-5-4-6-13(2,3)7-10/h8,10H,4-7H2,1-3H3,(H3,14,15,16,17). The zero-order valence-corrected chi connectivity index (χ0v) is 11.0. The molecule has 1 aromatic heterocycles. The van der Waals surface area contributed by atoms with E-state index in [9.17, 15) is 0 Å². The van der Waals surface area contributed by atoms with Crippen molar-refractivity contribution < 1.29 is 0 Å². The molecule has 1 aliphatic rings. The van der Waals surface area contributed by atoms with Crippen LogP contribution in [0.3, 0.4) is 0 Å². The summed E-state index contributed by atoms with van der Waals surface area (Å²) in [7, 11) is 0. The van der Waals surface area contributed by atoms with E-state index < -0.39 is 0 Å². The Morgan fingerprint density at radius 2 is 2.24 bits per heavy atom. The van der Waals surface area contributed by atoms with E-state index >= 15 is 0 Å². The van der Waals surface area contributed by atoms with Gasteiger partial charge in [-0.25, -0.2) is 4.98 Å². The van der Waals surface area contributed by atoms with Crippen LogP contribution >= 0.6 is 0 Å². The number of nitrogens with one attached hydrogen (secondary N) is 1. The molecule has 3 N–H and O–H groups in total. The Kier molecular flexibility index (Phi) is 3.22. The van der Waals surface area contributed by atoms with Crippen molar-refractivity contribution in [3.8, 4) is 0 Å². The molecular formula is C13H22N4. The maximum Gasteiger partial charge on any atom is 0.221 e. The molecule has 0 aliphatic heterocycles. The van der Waals surface area contributed by atoms with Crippen LogP contribution in [0.5, 0.6) is 0 Å². The molecule has 17 heavy (non-hydrogen) atoms. The predicted molar refractivity (Wildman–Crippen MR) is 70.8 cm³/mol. The molecule has 1 atom stereocenters. The number of anilines is 2. The van der Waals surface area contributed by atoms with Gasteiger partial charge in [0.1, 0.15) is 5.82 Å². The Morgan fingerprint density at radius 3 is 2.94 bits per heavy atom. The lowest BCUT2D eigenvalue weighted by atomic mass is 9.75. The van der Waals surface area contributed by atoms with Crippen LogP contribution in [0.15, 0.2) is 6.20 Å². The van der Waals surface area contributed by atoms with Gasteiger partial charge in [-0.3, -0.25) is 0 Å². The highest BCUT2D eigenvalue weighted by molar-refractivity contribution is 5.45. The van der Waals surface area contributed by atoms with Crippen LogP contribution in [0.25, 0.3) is 0 Å². The topological polar surface area (TPSA) is 63.8 Å². The minimum atomic E-state index is 0.341. The molecule has 1 heterocycles. The lowest BCUT2D eigenvalue weighted by molar-refractivity contribution is 0.229. The van der Waals surface area contributed by atoms with E-state index in [-0.39, 0.29) is 0 Å². The summed E-state index contributed by atoms with van der Waals surface area (Å²) in [6, 6.07) is 0.506. The van der Waals surface area contributed by atoms with Crippen molar-refractivity contribution in [1.82, 2.24) is 9.97 Å². The third-order valence-electron chi connectivity index (χ3n) is 3.54. The smallest absolute Gasteiger partial charge is 0.221 e. The SMILES string of the molecule is Cc1cnc(N)nc1NC1CCCC(C)(C)C1. The molecular weight excluding hydrogens is 212 g/mol. The molecule has 1 aromatic rings. The second kappa shape index (κ2) is 4.51. The Hall–Kier alpha value is -1.32. The highest BCUT2D eigenvalue weighted by Crippen LogP contribution is 2.36. The first-order chi connectivity index (χ1) is 7.96. The van der Waals surface area contributed by atoms with Gasteiger partial charge in [0.15, 0.2) is 0 Å². The highest BCUT2D eigenvalue weighted by atomic mass is 15.1. The van der Waals surface area contributed by atoms with Gasteiger partial charge in [-0.1, -0.05) is 20.3 Å². The number of hydrogen-bond acceptors (Lipinski definition) is 4. The van der Waals surface area contributed by atoms with Crippen LogP contribution in [0.2, 0.25) is 0 Å². The average molecular weight is 234 g/mol. The van der Waals surface area contributed by atoms with Gasteiger partial charge >= 0.3 is 0 Å². The van der Waals surface area contributed by atoms with E-state index in [0.717, 1.165) is 11.4 Å². The third-order valence-corrected chi connectivity index (χ3v) is 3.54. The van der Waals surface area contributed by atoms with Gasteiger partial charge in [0.25, 0.3) is 0 Å². The summed E-state index contributed by atoms with van der Waals surface area (Å²) in [5, 5.41) is 3.51.